The van der Waals surface area contributed by atoms with Crippen LogP contribution in [0.1, 0.15) is 25.0 Å². The molecule has 0 saturated carbocycles. The largest absolute Gasteiger partial charge is 0.385 e. The molecule has 0 unspecified atom stereocenters. The Kier molecular flexibility index (Phi) is 6.64. The highest BCUT2D eigenvalue weighted by Gasteiger charge is 2.24. The number of sulfonamides is 1. The summed E-state index contributed by atoms with van der Waals surface area (Å²) in [5, 5.41) is 3.21. The number of hydrogen-bond donors (Lipinski definition) is 1. The smallest absolute Gasteiger partial charge is 0.243 e. The van der Waals surface area contributed by atoms with Crippen molar-refractivity contribution in [3.05, 3.63) is 23.3 Å². The summed E-state index contributed by atoms with van der Waals surface area (Å²) in [6.45, 7) is 9.71. The van der Waals surface area contributed by atoms with E-state index in [-0.39, 0.29) is 0 Å². The van der Waals surface area contributed by atoms with E-state index in [2.05, 4.69) is 5.32 Å². The summed E-state index contributed by atoms with van der Waals surface area (Å²) < 4.78 is 32.0. The number of aryl methyl sites for hydroxylation is 2. The standard InChI is InChI=1S/C15H26N2O3S/c1-6-16-14-10-12(3)15(13(4)11-14)21(18,19)17(5)8-9-20-7-2/h10-11,16H,6-9H2,1-5H3. The topological polar surface area (TPSA) is 58.6 Å². The highest BCUT2D eigenvalue weighted by atomic mass is 32.2. The highest BCUT2D eigenvalue weighted by molar-refractivity contribution is 7.89. The van der Waals surface area contributed by atoms with E-state index in [9.17, 15) is 8.42 Å². The minimum absolute atomic E-state index is 0.351. The first-order chi connectivity index (χ1) is 9.84. The molecule has 120 valence electrons. The Morgan fingerprint density at radius 2 is 1.76 bits per heavy atom. The molecule has 0 heterocycles. The monoisotopic (exact) mass is 314 g/mol. The van der Waals surface area contributed by atoms with Gasteiger partial charge in [0.05, 0.1) is 11.5 Å². The van der Waals surface area contributed by atoms with Gasteiger partial charge in [0.15, 0.2) is 0 Å². The van der Waals surface area contributed by atoms with Gasteiger partial charge in [-0.2, -0.15) is 4.31 Å². The lowest BCUT2D eigenvalue weighted by atomic mass is 10.1. The third kappa shape index (κ3) is 4.43. The summed E-state index contributed by atoms with van der Waals surface area (Å²) in [7, 11) is -1.90. The normalized spacial score (nSPS) is 11.9. The van der Waals surface area contributed by atoms with Crippen molar-refractivity contribution in [1.82, 2.24) is 4.31 Å². The van der Waals surface area contributed by atoms with Crippen molar-refractivity contribution >= 4 is 15.7 Å². The van der Waals surface area contributed by atoms with Gasteiger partial charge < -0.3 is 10.1 Å². The average Bonchev–Trinajstić information content (AvgIpc) is 2.38. The summed E-state index contributed by atoms with van der Waals surface area (Å²) in [5.41, 5.74) is 2.46. The predicted octanol–water partition coefficient (Wildman–Crippen LogP) is 2.39. The van der Waals surface area contributed by atoms with Crippen LogP contribution in [-0.2, 0) is 14.8 Å². The van der Waals surface area contributed by atoms with Crippen molar-refractivity contribution in [2.45, 2.75) is 32.6 Å². The van der Waals surface area contributed by atoms with Gasteiger partial charge in [0.25, 0.3) is 0 Å². The van der Waals surface area contributed by atoms with E-state index in [1.165, 1.54) is 4.31 Å². The molecule has 1 rings (SSSR count). The molecular formula is C15H26N2O3S. The maximum atomic E-state index is 12.7. The summed E-state index contributed by atoms with van der Waals surface area (Å²) in [6.07, 6.45) is 0. The van der Waals surface area contributed by atoms with Gasteiger partial charge in [-0.15, -0.1) is 0 Å². The molecule has 0 aliphatic rings. The van der Waals surface area contributed by atoms with Crippen LogP contribution in [0.3, 0.4) is 0 Å². The lowest BCUT2D eigenvalue weighted by molar-refractivity contribution is 0.138. The van der Waals surface area contributed by atoms with Crippen LogP contribution in [0.2, 0.25) is 0 Å². The van der Waals surface area contributed by atoms with Crippen LogP contribution in [0.5, 0.6) is 0 Å². The molecule has 0 saturated heterocycles. The maximum Gasteiger partial charge on any atom is 0.243 e. The molecule has 0 atom stereocenters. The van der Waals surface area contributed by atoms with Gasteiger partial charge in [-0.1, -0.05) is 0 Å². The van der Waals surface area contributed by atoms with Gasteiger partial charge >= 0.3 is 0 Å². The molecule has 0 fully saturated rings. The van der Waals surface area contributed by atoms with Gasteiger partial charge in [-0.3, -0.25) is 0 Å². The van der Waals surface area contributed by atoms with Crippen LogP contribution in [-0.4, -0.2) is 46.1 Å². The molecule has 1 aromatic rings. The van der Waals surface area contributed by atoms with Crippen LogP contribution < -0.4 is 5.32 Å². The van der Waals surface area contributed by atoms with Gasteiger partial charge in [-0.05, 0) is 51.0 Å². The number of nitrogens with one attached hydrogen (secondary N) is 1. The molecule has 1 N–H and O–H groups in total. The second-order valence-corrected chi connectivity index (χ2v) is 6.97. The number of anilines is 1. The zero-order valence-electron chi connectivity index (χ0n) is 13.6. The number of rotatable bonds is 8. The Morgan fingerprint density at radius 1 is 1.19 bits per heavy atom. The van der Waals surface area contributed by atoms with E-state index >= 15 is 0 Å². The van der Waals surface area contributed by atoms with E-state index < -0.39 is 10.0 Å². The first-order valence-electron chi connectivity index (χ1n) is 7.23. The van der Waals surface area contributed by atoms with Crippen molar-refractivity contribution in [3.8, 4) is 0 Å². The fraction of sp³-hybridized carbons (Fsp3) is 0.600. The van der Waals surface area contributed by atoms with Crippen molar-refractivity contribution < 1.29 is 13.2 Å². The van der Waals surface area contributed by atoms with Gasteiger partial charge in [0, 0.05) is 32.4 Å². The first-order valence-corrected chi connectivity index (χ1v) is 8.67. The Hall–Kier alpha value is -1.11. The molecule has 0 aliphatic carbocycles. The lowest BCUT2D eigenvalue weighted by Gasteiger charge is -2.20. The molecule has 0 aliphatic heterocycles. The third-order valence-electron chi connectivity index (χ3n) is 3.26. The Morgan fingerprint density at radius 3 is 2.24 bits per heavy atom. The Labute approximate surface area is 128 Å². The van der Waals surface area contributed by atoms with Gasteiger partial charge in [0.1, 0.15) is 0 Å². The van der Waals surface area contributed by atoms with Crippen molar-refractivity contribution in [2.24, 2.45) is 0 Å². The van der Waals surface area contributed by atoms with Crippen LogP contribution in [0.25, 0.3) is 0 Å². The van der Waals surface area contributed by atoms with E-state index in [0.29, 0.717) is 24.7 Å². The summed E-state index contributed by atoms with van der Waals surface area (Å²) in [5.74, 6) is 0. The fourth-order valence-corrected chi connectivity index (χ4v) is 3.83. The molecule has 5 nitrogen and oxygen atoms in total. The number of hydrogen-bond acceptors (Lipinski definition) is 4. The number of benzene rings is 1. The van der Waals surface area contributed by atoms with Crippen molar-refractivity contribution in [2.75, 3.05) is 38.7 Å². The number of likely N-dealkylation sites (N-methyl/N-ethyl adjacent to an activating group) is 1. The molecule has 0 bridgehead atoms. The highest BCUT2D eigenvalue weighted by Crippen LogP contribution is 2.26. The zero-order chi connectivity index (χ0) is 16.0. The van der Waals surface area contributed by atoms with E-state index in [1.54, 1.807) is 7.05 Å². The van der Waals surface area contributed by atoms with E-state index in [1.807, 2.05) is 39.8 Å². The zero-order valence-corrected chi connectivity index (χ0v) is 14.4. The lowest BCUT2D eigenvalue weighted by Crippen LogP contribution is -2.31. The van der Waals surface area contributed by atoms with Crippen LogP contribution in [0, 0.1) is 13.8 Å². The number of ether oxygens (including phenoxy) is 1. The van der Waals surface area contributed by atoms with Crippen molar-refractivity contribution in [1.29, 1.82) is 0 Å². The number of nitrogens with zero attached hydrogens (tertiary/aromatic N) is 1. The quantitative estimate of drug-likeness (QED) is 0.749. The van der Waals surface area contributed by atoms with Gasteiger partial charge in [-0.25, -0.2) is 8.42 Å². The minimum Gasteiger partial charge on any atom is -0.385 e. The minimum atomic E-state index is -3.49. The van der Waals surface area contributed by atoms with Crippen molar-refractivity contribution in [3.63, 3.8) is 0 Å². The molecule has 6 heteroatoms. The Bertz CT molecular complexity index is 547. The molecule has 0 aromatic heterocycles. The van der Waals surface area contributed by atoms with Crippen LogP contribution in [0.4, 0.5) is 5.69 Å². The molecule has 0 spiro atoms. The summed E-state index contributed by atoms with van der Waals surface area (Å²) >= 11 is 0. The maximum absolute atomic E-state index is 12.7. The summed E-state index contributed by atoms with van der Waals surface area (Å²) in [6, 6.07) is 3.75. The van der Waals surface area contributed by atoms with Crippen LogP contribution >= 0.6 is 0 Å². The summed E-state index contributed by atoms with van der Waals surface area (Å²) in [4.78, 5) is 0.392. The molecule has 0 radical (unpaired) electrons. The fourth-order valence-electron chi connectivity index (χ4n) is 2.28. The Balaban J connectivity index is 3.08. The molecule has 0 amide bonds. The van der Waals surface area contributed by atoms with E-state index in [0.717, 1.165) is 23.4 Å². The third-order valence-corrected chi connectivity index (χ3v) is 5.43. The molecule has 1 aromatic carbocycles. The SMILES string of the molecule is CCNc1cc(C)c(S(=O)(=O)N(C)CCOCC)c(C)c1. The van der Waals surface area contributed by atoms with Gasteiger partial charge in [0.2, 0.25) is 10.0 Å². The first kappa shape index (κ1) is 17.9. The average molecular weight is 314 g/mol. The molecule has 21 heavy (non-hydrogen) atoms. The second-order valence-electron chi connectivity index (χ2n) is 4.99. The predicted molar refractivity (Wildman–Crippen MR) is 86.4 cm³/mol. The second kappa shape index (κ2) is 7.77. The van der Waals surface area contributed by atoms with Crippen LogP contribution in [0.15, 0.2) is 17.0 Å². The molecular weight excluding hydrogens is 288 g/mol. The van der Waals surface area contributed by atoms with E-state index in [4.69, 9.17) is 4.74 Å².